The molecule has 0 spiro atoms. The molecule has 0 heterocycles. The molecule has 1 amide bonds. The molecule has 0 saturated heterocycles. The molecular formula is C22H27NO3. The number of hydrogen-bond acceptors (Lipinski definition) is 3. The standard InChI is InChI=1S/C22H27NO3/c1-5-17-9-8-10-18(6-2)22(17)23-21(24)14-12-16-11-13-19(26-7-3)20(15-16)25-4/h8-15H,5-7H2,1-4H3,(H,23,24). The smallest absolute Gasteiger partial charge is 0.248 e. The van der Waals surface area contributed by atoms with Gasteiger partial charge in [0.15, 0.2) is 11.5 Å². The first-order valence-corrected chi connectivity index (χ1v) is 9.03. The van der Waals surface area contributed by atoms with Crippen molar-refractivity contribution in [2.45, 2.75) is 33.6 Å². The second-order valence-electron chi connectivity index (χ2n) is 5.82. The Morgan fingerprint density at radius 2 is 1.73 bits per heavy atom. The van der Waals surface area contributed by atoms with E-state index in [1.54, 1.807) is 19.3 Å². The number of methoxy groups -OCH3 is 1. The summed E-state index contributed by atoms with van der Waals surface area (Å²) in [6, 6.07) is 11.7. The Morgan fingerprint density at radius 3 is 2.31 bits per heavy atom. The van der Waals surface area contributed by atoms with Crippen LogP contribution in [0.5, 0.6) is 11.5 Å². The summed E-state index contributed by atoms with van der Waals surface area (Å²) in [6.45, 7) is 6.68. The zero-order chi connectivity index (χ0) is 18.9. The third kappa shape index (κ3) is 4.88. The van der Waals surface area contributed by atoms with Crippen LogP contribution in [0.15, 0.2) is 42.5 Å². The summed E-state index contributed by atoms with van der Waals surface area (Å²) in [5, 5.41) is 3.03. The Labute approximate surface area is 155 Å². The van der Waals surface area contributed by atoms with E-state index in [1.807, 2.05) is 31.2 Å². The minimum Gasteiger partial charge on any atom is -0.493 e. The van der Waals surface area contributed by atoms with Gasteiger partial charge in [-0.15, -0.1) is 0 Å². The topological polar surface area (TPSA) is 47.6 Å². The number of para-hydroxylation sites is 1. The van der Waals surface area contributed by atoms with Crippen molar-refractivity contribution in [2.75, 3.05) is 19.0 Å². The molecule has 0 aliphatic carbocycles. The fourth-order valence-electron chi connectivity index (χ4n) is 2.80. The van der Waals surface area contributed by atoms with Crippen molar-refractivity contribution in [3.63, 3.8) is 0 Å². The van der Waals surface area contributed by atoms with Crippen LogP contribution in [-0.2, 0) is 17.6 Å². The van der Waals surface area contributed by atoms with Gasteiger partial charge in [-0.2, -0.15) is 0 Å². The van der Waals surface area contributed by atoms with Crippen molar-refractivity contribution in [1.82, 2.24) is 0 Å². The summed E-state index contributed by atoms with van der Waals surface area (Å²) in [5.41, 5.74) is 4.10. The zero-order valence-electron chi connectivity index (χ0n) is 16.0. The van der Waals surface area contributed by atoms with Crippen LogP contribution < -0.4 is 14.8 Å². The molecule has 0 bridgehead atoms. The first-order valence-electron chi connectivity index (χ1n) is 9.03. The Balaban J connectivity index is 2.15. The normalized spacial score (nSPS) is 10.8. The summed E-state index contributed by atoms with van der Waals surface area (Å²) in [7, 11) is 1.60. The fraction of sp³-hybridized carbons (Fsp3) is 0.318. The monoisotopic (exact) mass is 353 g/mol. The summed E-state index contributed by atoms with van der Waals surface area (Å²) in [6.07, 6.45) is 5.07. The SMILES string of the molecule is CCOc1ccc(C=CC(=O)Nc2c(CC)cccc2CC)cc1OC. The second-order valence-corrected chi connectivity index (χ2v) is 5.82. The third-order valence-corrected chi connectivity index (χ3v) is 4.16. The van der Waals surface area contributed by atoms with Crippen molar-refractivity contribution in [3.8, 4) is 11.5 Å². The van der Waals surface area contributed by atoms with Gasteiger partial charge < -0.3 is 14.8 Å². The molecule has 4 nitrogen and oxygen atoms in total. The molecule has 1 N–H and O–H groups in total. The van der Waals surface area contributed by atoms with Gasteiger partial charge in [0.1, 0.15) is 0 Å². The van der Waals surface area contributed by atoms with Crippen LogP contribution in [-0.4, -0.2) is 19.6 Å². The van der Waals surface area contributed by atoms with E-state index in [0.717, 1.165) is 35.2 Å². The molecule has 4 heteroatoms. The molecule has 26 heavy (non-hydrogen) atoms. The van der Waals surface area contributed by atoms with E-state index >= 15 is 0 Å². The molecule has 2 aromatic rings. The van der Waals surface area contributed by atoms with E-state index in [2.05, 4.69) is 31.3 Å². The Morgan fingerprint density at radius 1 is 1.04 bits per heavy atom. The van der Waals surface area contributed by atoms with Gasteiger partial charge >= 0.3 is 0 Å². The minimum atomic E-state index is -0.145. The molecule has 0 aromatic heterocycles. The molecule has 0 aliphatic heterocycles. The predicted octanol–water partition coefficient (Wildman–Crippen LogP) is 4.87. The Kier molecular flexibility index (Phi) is 7.27. The summed E-state index contributed by atoms with van der Waals surface area (Å²) < 4.78 is 10.9. The molecule has 138 valence electrons. The van der Waals surface area contributed by atoms with E-state index in [9.17, 15) is 4.79 Å². The highest BCUT2D eigenvalue weighted by atomic mass is 16.5. The van der Waals surface area contributed by atoms with Gasteiger partial charge in [0.2, 0.25) is 5.91 Å². The number of anilines is 1. The van der Waals surface area contributed by atoms with Crippen molar-refractivity contribution < 1.29 is 14.3 Å². The van der Waals surface area contributed by atoms with Gasteiger partial charge in [-0.3, -0.25) is 4.79 Å². The first-order chi connectivity index (χ1) is 12.6. The van der Waals surface area contributed by atoms with Gasteiger partial charge in [-0.1, -0.05) is 38.1 Å². The van der Waals surface area contributed by atoms with Crippen LogP contribution in [0.1, 0.15) is 37.5 Å². The lowest BCUT2D eigenvalue weighted by Crippen LogP contribution is -2.11. The van der Waals surface area contributed by atoms with E-state index in [1.165, 1.54) is 0 Å². The number of benzene rings is 2. The van der Waals surface area contributed by atoms with Gasteiger partial charge in [0.05, 0.1) is 13.7 Å². The summed E-state index contributed by atoms with van der Waals surface area (Å²) in [4.78, 5) is 12.4. The maximum absolute atomic E-state index is 12.4. The van der Waals surface area contributed by atoms with Crippen LogP contribution in [0, 0.1) is 0 Å². The molecule has 0 atom stereocenters. The van der Waals surface area contributed by atoms with Crippen LogP contribution in [0.4, 0.5) is 5.69 Å². The number of aryl methyl sites for hydroxylation is 2. The molecule has 2 rings (SSSR count). The van der Waals surface area contributed by atoms with E-state index in [0.29, 0.717) is 18.1 Å². The maximum atomic E-state index is 12.4. The van der Waals surface area contributed by atoms with Crippen molar-refractivity contribution in [3.05, 3.63) is 59.2 Å². The molecule has 0 radical (unpaired) electrons. The quantitative estimate of drug-likeness (QED) is 0.689. The summed E-state index contributed by atoms with van der Waals surface area (Å²) >= 11 is 0. The number of nitrogens with one attached hydrogen (secondary N) is 1. The Bertz CT molecular complexity index is 759. The zero-order valence-corrected chi connectivity index (χ0v) is 16.0. The summed E-state index contributed by atoms with van der Waals surface area (Å²) in [5.74, 6) is 1.20. The molecule has 0 unspecified atom stereocenters. The number of carbonyl (C=O) groups excluding carboxylic acids is 1. The van der Waals surface area contributed by atoms with E-state index < -0.39 is 0 Å². The highest BCUT2D eigenvalue weighted by Gasteiger charge is 2.08. The van der Waals surface area contributed by atoms with Crippen molar-refractivity contribution >= 4 is 17.7 Å². The number of carbonyl (C=O) groups is 1. The molecule has 2 aromatic carbocycles. The van der Waals surface area contributed by atoms with Crippen LogP contribution >= 0.6 is 0 Å². The number of ether oxygens (including phenoxy) is 2. The highest BCUT2D eigenvalue weighted by Crippen LogP contribution is 2.28. The number of hydrogen-bond donors (Lipinski definition) is 1. The Hall–Kier alpha value is -2.75. The third-order valence-electron chi connectivity index (χ3n) is 4.16. The lowest BCUT2D eigenvalue weighted by atomic mass is 10.0. The molecule has 0 fully saturated rings. The number of amides is 1. The van der Waals surface area contributed by atoms with Crippen molar-refractivity contribution in [1.29, 1.82) is 0 Å². The average Bonchev–Trinajstić information content (AvgIpc) is 2.67. The highest BCUT2D eigenvalue weighted by molar-refractivity contribution is 6.02. The largest absolute Gasteiger partial charge is 0.493 e. The average molecular weight is 353 g/mol. The van der Waals surface area contributed by atoms with E-state index in [4.69, 9.17) is 9.47 Å². The molecule has 0 aliphatic rings. The van der Waals surface area contributed by atoms with Gasteiger partial charge in [-0.25, -0.2) is 0 Å². The predicted molar refractivity (Wildman–Crippen MR) is 107 cm³/mol. The lowest BCUT2D eigenvalue weighted by molar-refractivity contribution is -0.111. The number of rotatable bonds is 8. The maximum Gasteiger partial charge on any atom is 0.248 e. The first kappa shape index (κ1) is 19.6. The molecular weight excluding hydrogens is 326 g/mol. The fourth-order valence-corrected chi connectivity index (χ4v) is 2.80. The van der Waals surface area contributed by atoms with Crippen LogP contribution in [0.2, 0.25) is 0 Å². The van der Waals surface area contributed by atoms with Crippen LogP contribution in [0.3, 0.4) is 0 Å². The van der Waals surface area contributed by atoms with Crippen molar-refractivity contribution in [2.24, 2.45) is 0 Å². The minimum absolute atomic E-state index is 0.145. The van der Waals surface area contributed by atoms with Gasteiger partial charge in [0.25, 0.3) is 0 Å². The van der Waals surface area contributed by atoms with E-state index in [-0.39, 0.29) is 5.91 Å². The van der Waals surface area contributed by atoms with Gasteiger partial charge in [0, 0.05) is 11.8 Å². The van der Waals surface area contributed by atoms with Crippen LogP contribution in [0.25, 0.3) is 6.08 Å². The van der Waals surface area contributed by atoms with Gasteiger partial charge in [-0.05, 0) is 54.7 Å². The molecule has 0 saturated carbocycles. The second kappa shape index (κ2) is 9.66. The lowest BCUT2D eigenvalue weighted by Gasteiger charge is -2.13.